The molecule has 1 aliphatic heterocycles. The summed E-state index contributed by atoms with van der Waals surface area (Å²) in [4.78, 5) is 12.6. The highest BCUT2D eigenvalue weighted by atomic mass is 35.5. The molecule has 22 heavy (non-hydrogen) atoms. The van der Waals surface area contributed by atoms with Gasteiger partial charge in [0.1, 0.15) is 0 Å². The smallest absolute Gasteiger partial charge is 0.269 e. The minimum atomic E-state index is -0.382. The average molecular weight is 342 g/mol. The van der Waals surface area contributed by atoms with Gasteiger partial charge in [-0.3, -0.25) is 10.1 Å². The topological polar surface area (TPSA) is 72.4 Å². The van der Waals surface area contributed by atoms with E-state index in [-0.39, 0.29) is 41.5 Å². The van der Waals surface area contributed by atoms with Gasteiger partial charge in [-0.15, -0.1) is 24.8 Å². The molecule has 0 amide bonds. The molecule has 0 fully saturated rings. The van der Waals surface area contributed by atoms with Gasteiger partial charge in [0.25, 0.3) is 5.69 Å². The van der Waals surface area contributed by atoms with E-state index < -0.39 is 0 Å². The zero-order valence-electron chi connectivity index (χ0n) is 11.7. The van der Waals surface area contributed by atoms with Crippen molar-refractivity contribution in [3.8, 4) is 0 Å². The molecule has 0 radical (unpaired) electrons. The molecule has 0 saturated heterocycles. The van der Waals surface area contributed by atoms with E-state index in [0.717, 1.165) is 17.8 Å². The summed E-state index contributed by atoms with van der Waals surface area (Å²) in [6.45, 7) is 1.45. The van der Waals surface area contributed by atoms with Crippen LogP contribution in [0, 0.1) is 10.1 Å². The van der Waals surface area contributed by atoms with Gasteiger partial charge in [0.05, 0.1) is 4.92 Å². The Morgan fingerprint density at radius 2 is 1.86 bits per heavy atom. The second-order valence-electron chi connectivity index (χ2n) is 4.97. The molecule has 3 rings (SSSR count). The van der Waals surface area contributed by atoms with Crippen molar-refractivity contribution >= 4 is 36.2 Å². The molecule has 0 aromatic heterocycles. The van der Waals surface area contributed by atoms with Crippen LogP contribution in [0.25, 0.3) is 0 Å². The lowest BCUT2D eigenvalue weighted by molar-refractivity contribution is -0.384. The lowest BCUT2D eigenvalue weighted by Crippen LogP contribution is -2.23. The molecule has 2 aromatic rings. The number of non-ortho nitro benzene ring substituents is 1. The Morgan fingerprint density at radius 1 is 1.18 bits per heavy atom. The first-order valence-electron chi connectivity index (χ1n) is 6.48. The minimum absolute atomic E-state index is 0. The van der Waals surface area contributed by atoms with Crippen molar-refractivity contribution in [2.45, 2.75) is 12.6 Å². The number of hydrogen-bond acceptors (Lipinski definition) is 4. The Labute approximate surface area is 141 Å². The molecule has 2 N–H and O–H groups in total. The van der Waals surface area contributed by atoms with E-state index in [9.17, 15) is 10.1 Å². The van der Waals surface area contributed by atoms with E-state index in [1.54, 1.807) is 12.1 Å². The summed E-state index contributed by atoms with van der Waals surface area (Å²) in [7, 11) is 0. The number of nitrogens with zero attached hydrogens (tertiary/aromatic N) is 2. The fourth-order valence-corrected chi connectivity index (χ4v) is 2.63. The number of nitro benzene ring substituents is 1. The third-order valence-corrected chi connectivity index (χ3v) is 3.60. The first-order chi connectivity index (χ1) is 9.65. The van der Waals surface area contributed by atoms with Gasteiger partial charge in [-0.05, 0) is 11.6 Å². The van der Waals surface area contributed by atoms with E-state index in [4.69, 9.17) is 5.73 Å². The van der Waals surface area contributed by atoms with E-state index in [0.29, 0.717) is 6.54 Å². The number of nitro groups is 1. The van der Waals surface area contributed by atoms with E-state index >= 15 is 0 Å². The summed E-state index contributed by atoms with van der Waals surface area (Å²) in [6.07, 6.45) is 0. The SMILES string of the molecule is Cl.Cl.NC1CN(Cc2ccccc2)c2ccc([N+](=O)[O-])cc21. The van der Waals surface area contributed by atoms with Crippen LogP contribution in [0.4, 0.5) is 11.4 Å². The van der Waals surface area contributed by atoms with Crippen LogP contribution in [-0.2, 0) is 6.54 Å². The molecule has 118 valence electrons. The van der Waals surface area contributed by atoms with E-state index in [1.165, 1.54) is 11.6 Å². The molecule has 0 saturated carbocycles. The molecule has 0 bridgehead atoms. The molecule has 1 atom stereocenters. The summed E-state index contributed by atoms with van der Waals surface area (Å²) in [6, 6.07) is 14.9. The summed E-state index contributed by atoms with van der Waals surface area (Å²) in [5.41, 5.74) is 9.24. The van der Waals surface area contributed by atoms with Gasteiger partial charge in [0.15, 0.2) is 0 Å². The highest BCUT2D eigenvalue weighted by Gasteiger charge is 2.27. The lowest BCUT2D eigenvalue weighted by Gasteiger charge is -2.19. The van der Waals surface area contributed by atoms with Crippen molar-refractivity contribution in [2.24, 2.45) is 5.73 Å². The maximum Gasteiger partial charge on any atom is 0.269 e. The van der Waals surface area contributed by atoms with Gasteiger partial charge >= 0.3 is 0 Å². The molecular weight excluding hydrogens is 325 g/mol. The molecule has 1 aliphatic rings. The van der Waals surface area contributed by atoms with Crippen LogP contribution in [0.2, 0.25) is 0 Å². The van der Waals surface area contributed by atoms with E-state index in [2.05, 4.69) is 17.0 Å². The molecule has 1 heterocycles. The first-order valence-corrected chi connectivity index (χ1v) is 6.48. The highest BCUT2D eigenvalue weighted by molar-refractivity contribution is 5.85. The molecule has 0 aliphatic carbocycles. The van der Waals surface area contributed by atoms with Crippen LogP contribution in [0.3, 0.4) is 0 Å². The van der Waals surface area contributed by atoms with Crippen molar-refractivity contribution in [1.29, 1.82) is 0 Å². The Kier molecular flexibility index (Phi) is 6.17. The Morgan fingerprint density at radius 3 is 2.50 bits per heavy atom. The van der Waals surface area contributed by atoms with Gasteiger partial charge in [0.2, 0.25) is 0 Å². The normalized spacial score (nSPS) is 15.5. The fourth-order valence-electron chi connectivity index (χ4n) is 2.63. The van der Waals surface area contributed by atoms with Crippen LogP contribution in [0.1, 0.15) is 17.2 Å². The summed E-state index contributed by atoms with van der Waals surface area (Å²) < 4.78 is 0. The highest BCUT2D eigenvalue weighted by Crippen LogP contribution is 2.36. The predicted octanol–water partition coefficient (Wildman–Crippen LogP) is 3.46. The number of halogens is 2. The molecule has 0 spiro atoms. The number of benzene rings is 2. The summed E-state index contributed by atoms with van der Waals surface area (Å²) >= 11 is 0. The molecule has 5 nitrogen and oxygen atoms in total. The Bertz CT molecular complexity index is 652. The van der Waals surface area contributed by atoms with Crippen LogP contribution >= 0.6 is 24.8 Å². The largest absolute Gasteiger partial charge is 0.365 e. The van der Waals surface area contributed by atoms with Gasteiger partial charge in [0, 0.05) is 42.5 Å². The summed E-state index contributed by atoms with van der Waals surface area (Å²) in [5, 5.41) is 10.8. The zero-order chi connectivity index (χ0) is 14.1. The zero-order valence-corrected chi connectivity index (χ0v) is 13.3. The molecular formula is C15H17Cl2N3O2. The van der Waals surface area contributed by atoms with Crippen molar-refractivity contribution in [3.63, 3.8) is 0 Å². The van der Waals surface area contributed by atoms with Crippen molar-refractivity contribution in [1.82, 2.24) is 0 Å². The molecule has 1 unspecified atom stereocenters. The Balaban J connectivity index is 0.00000121. The second kappa shape index (κ2) is 7.45. The van der Waals surface area contributed by atoms with Crippen LogP contribution in [0.15, 0.2) is 48.5 Å². The van der Waals surface area contributed by atoms with Gasteiger partial charge in [-0.1, -0.05) is 30.3 Å². The quantitative estimate of drug-likeness (QED) is 0.685. The van der Waals surface area contributed by atoms with Crippen LogP contribution in [0.5, 0.6) is 0 Å². The lowest BCUT2D eigenvalue weighted by atomic mass is 10.1. The van der Waals surface area contributed by atoms with Crippen molar-refractivity contribution in [2.75, 3.05) is 11.4 Å². The predicted molar refractivity (Wildman–Crippen MR) is 92.0 cm³/mol. The van der Waals surface area contributed by atoms with Crippen LogP contribution < -0.4 is 10.6 Å². The number of fused-ring (bicyclic) bond motifs is 1. The van der Waals surface area contributed by atoms with Gasteiger partial charge < -0.3 is 10.6 Å². The number of hydrogen-bond donors (Lipinski definition) is 1. The maximum absolute atomic E-state index is 10.8. The van der Waals surface area contributed by atoms with Crippen LogP contribution in [-0.4, -0.2) is 11.5 Å². The van der Waals surface area contributed by atoms with Crippen molar-refractivity contribution in [3.05, 3.63) is 69.8 Å². The maximum atomic E-state index is 10.8. The number of anilines is 1. The average Bonchev–Trinajstić information content (AvgIpc) is 2.76. The summed E-state index contributed by atoms with van der Waals surface area (Å²) in [5.74, 6) is 0. The van der Waals surface area contributed by atoms with E-state index in [1.807, 2.05) is 18.2 Å². The standard InChI is InChI=1S/C15H15N3O2.2ClH/c16-14-10-17(9-11-4-2-1-3-5-11)15-7-6-12(18(19)20)8-13(14)15;;/h1-8,14H,9-10,16H2;2*1H. The third kappa shape index (κ3) is 3.50. The number of rotatable bonds is 3. The first kappa shape index (κ1) is 18.2. The minimum Gasteiger partial charge on any atom is -0.365 e. The van der Waals surface area contributed by atoms with Crippen molar-refractivity contribution < 1.29 is 4.92 Å². The monoisotopic (exact) mass is 341 g/mol. The number of nitrogens with two attached hydrogens (primary N) is 1. The second-order valence-corrected chi connectivity index (χ2v) is 4.97. The molecule has 2 aromatic carbocycles. The Hall–Kier alpha value is -1.82. The van der Waals surface area contributed by atoms with Gasteiger partial charge in [-0.25, -0.2) is 0 Å². The third-order valence-electron chi connectivity index (χ3n) is 3.60. The fraction of sp³-hybridized carbons (Fsp3) is 0.200. The molecule has 7 heteroatoms. The van der Waals surface area contributed by atoms with Gasteiger partial charge in [-0.2, -0.15) is 0 Å².